The summed E-state index contributed by atoms with van der Waals surface area (Å²) in [7, 11) is -0.773. The number of hydrogen-bond acceptors (Lipinski definition) is 18. The van der Waals surface area contributed by atoms with Crippen molar-refractivity contribution in [2.24, 2.45) is 0 Å². The number of methoxy groups -OCH3 is 3. The maximum absolute atomic E-state index is 12.5. The molecule has 0 radical (unpaired) electrons. The molecule has 5 heterocycles. The van der Waals surface area contributed by atoms with E-state index in [1.165, 1.54) is 6.21 Å². The fourth-order valence-electron chi connectivity index (χ4n) is 10.7. The summed E-state index contributed by atoms with van der Waals surface area (Å²) in [6.07, 6.45) is 1.42. The van der Waals surface area contributed by atoms with Crippen molar-refractivity contribution < 1.29 is 50.3 Å². The minimum atomic E-state index is -3.56. The van der Waals surface area contributed by atoms with Gasteiger partial charge in [-0.15, -0.1) is 11.6 Å². The van der Waals surface area contributed by atoms with E-state index in [-0.39, 0.29) is 17.4 Å². The number of halogens is 2. The second-order valence-electron chi connectivity index (χ2n) is 21.4. The normalized spacial score (nSPS) is 13.1. The molecule has 2 aliphatic heterocycles. The fourth-order valence-corrected chi connectivity index (χ4v) is 13.7. The van der Waals surface area contributed by atoms with Crippen LogP contribution in [-0.4, -0.2) is 148 Å². The number of aryl methyl sites for hydroxylation is 3. The largest absolute Gasteiger partial charge is 0.497 e. The van der Waals surface area contributed by atoms with E-state index in [4.69, 9.17) is 53.1 Å². The minimum absolute atomic E-state index is 0.0270. The van der Waals surface area contributed by atoms with Crippen LogP contribution in [0.2, 0.25) is 1.41 Å². The van der Waals surface area contributed by atoms with E-state index in [1.807, 2.05) is 105 Å². The number of fused-ring (bicyclic) bond motifs is 3. The molecule has 2 fully saturated rings. The first-order valence-electron chi connectivity index (χ1n) is 31.5. The Labute approximate surface area is 584 Å². The summed E-state index contributed by atoms with van der Waals surface area (Å²) in [6, 6.07) is 45.8. The molecule has 11 rings (SSSR count). The molecule has 0 aliphatic carbocycles. The zero-order valence-corrected chi connectivity index (χ0v) is 59.7. The van der Waals surface area contributed by atoms with Crippen molar-refractivity contribution in [2.75, 3.05) is 113 Å². The molecule has 0 amide bonds. The Kier molecular flexibility index (Phi) is 29.2. The van der Waals surface area contributed by atoms with Gasteiger partial charge in [0.15, 0.2) is 1.41 Å². The molecule has 2 saturated heterocycles. The average molecular weight is 1440 g/mol. The highest BCUT2D eigenvalue weighted by Crippen LogP contribution is 2.39. The van der Waals surface area contributed by atoms with Gasteiger partial charge < -0.3 is 53.8 Å². The van der Waals surface area contributed by atoms with Crippen molar-refractivity contribution in [2.45, 2.75) is 47.3 Å². The number of nitrogens with two attached hydrogens (primary N) is 1. The minimum Gasteiger partial charge on any atom is -0.497 e. The maximum Gasteiger partial charge on any atom is 0.254 e. The van der Waals surface area contributed by atoms with E-state index in [1.54, 1.807) is 64.7 Å². The van der Waals surface area contributed by atoms with E-state index >= 15 is 0 Å². The number of nitrogen functional groups attached to an aromatic ring is 1. The maximum atomic E-state index is 12.5. The van der Waals surface area contributed by atoms with Crippen molar-refractivity contribution in [1.29, 1.82) is 21.2 Å². The van der Waals surface area contributed by atoms with Crippen molar-refractivity contribution in [1.82, 2.24) is 23.9 Å². The molecule has 23 nitrogen and oxygen atoms in total. The van der Waals surface area contributed by atoms with E-state index in [0.717, 1.165) is 135 Å². The number of morpholine rings is 2. The number of sulfonamides is 2. The Hall–Kier alpha value is -9.11. The van der Waals surface area contributed by atoms with Crippen LogP contribution >= 0.6 is 22.3 Å². The standard InChI is InChI=1S/C24H28N4O4S.C20H19N3O3S.C18H17N3O.C4H9NO.C2H4Cl2O2S.C2H5N/c1-3-28-23-16-20(31-2)8-9-21(23)22(17-25)24(28)18-4-6-19(7-5-18)26-33(29,30)15-12-27-10-13-32-14-11-27;1-4-23-19-12-16(26-3)10-11-17(19)18(13-21)20(23)14-6-8-15(9-7-14)22-27(24,25)5-2;1-3-21-17-10-14(22-2)8-9-15(17)16(11-19)18(21)12-4-6-13(20)7-5-12;1-3-6-4-2-5-1;3-1-2-7(4,5)6;1-2-3/h4-9,16,26H,3,10-15H2,1-2H3;5-12,22H,2,4H2,1,3H3;4-10H,3,20H2,1-2H3;5H,1-4H2;1-2H2;2-3H,1H3/i/hD. The smallest absolute Gasteiger partial charge is 0.254 e. The Morgan fingerprint density at radius 3 is 1.27 bits per heavy atom. The van der Waals surface area contributed by atoms with Crippen LogP contribution < -0.4 is 34.7 Å². The predicted molar refractivity (Wildman–Crippen MR) is 393 cm³/mol. The number of nitriles is 3. The van der Waals surface area contributed by atoms with Crippen molar-refractivity contribution in [3.05, 3.63) is 156 Å². The SMILES string of the molecule is C1COCCN1.C=CS(=O)(=O)Nc1ccc(-c2c(C#N)c3ccc(OC)cc3n2CC)cc1.CCn1c(-c2ccc(N)cc2)c(C#N)c2ccc(OC)cc21.CCn1c(-c2ccc(NS(=O)(=O)CCN3CCOCC3)cc2)c(C#N)c2ccc(OC)cc21.O=S(=O)(Cl)CCCl.[2H]N=CC. The molecule has 2 aliphatic rings. The van der Waals surface area contributed by atoms with Gasteiger partial charge in [0.25, 0.3) is 10.0 Å². The third-order valence-corrected chi connectivity index (χ3v) is 19.1. The summed E-state index contributed by atoms with van der Waals surface area (Å²) in [5, 5.41) is 38.8. The van der Waals surface area contributed by atoms with Gasteiger partial charge in [-0.1, -0.05) is 43.0 Å². The quantitative estimate of drug-likeness (QED) is 0.0217. The second-order valence-corrected chi connectivity index (χ2v) is 28.1. The summed E-state index contributed by atoms with van der Waals surface area (Å²) < 4.78 is 112. The van der Waals surface area contributed by atoms with Crippen molar-refractivity contribution in [3.8, 4) is 69.2 Å². The fraction of sp³-hybridized carbons (Fsp3) is 0.314. The van der Waals surface area contributed by atoms with E-state index in [0.29, 0.717) is 66.6 Å². The number of anilines is 3. The number of rotatable bonds is 19. The summed E-state index contributed by atoms with van der Waals surface area (Å²) in [5.74, 6) is 2.17. The lowest BCUT2D eigenvalue weighted by molar-refractivity contribution is 0.0408. The van der Waals surface area contributed by atoms with Crippen LogP contribution in [0.25, 0.3) is 66.5 Å². The highest BCUT2D eigenvalue weighted by atomic mass is 35.7. The summed E-state index contributed by atoms with van der Waals surface area (Å²) in [4.78, 5) is 2.09. The van der Waals surface area contributed by atoms with Gasteiger partial charge in [-0.05, 0) is 123 Å². The number of aromatic nitrogens is 3. The zero-order valence-electron chi connectivity index (χ0n) is 56.7. The van der Waals surface area contributed by atoms with Crippen LogP contribution in [0, 0.1) is 39.4 Å². The third kappa shape index (κ3) is 21.0. The first kappa shape index (κ1) is 76.3. The first-order valence-corrected chi connectivity index (χ1v) is 37.3. The van der Waals surface area contributed by atoms with E-state index in [2.05, 4.69) is 70.5 Å². The molecule has 3 aromatic heterocycles. The molecule has 9 aromatic rings. The van der Waals surface area contributed by atoms with Crippen molar-refractivity contribution in [3.63, 3.8) is 0 Å². The summed E-state index contributed by atoms with van der Waals surface area (Å²) in [6.45, 7) is 20.3. The van der Waals surface area contributed by atoms with Gasteiger partial charge in [0.05, 0.1) is 110 Å². The van der Waals surface area contributed by atoms with Crippen LogP contribution in [-0.2, 0) is 58.2 Å². The molecule has 98 heavy (non-hydrogen) atoms. The van der Waals surface area contributed by atoms with E-state index < -0.39 is 29.1 Å². The Morgan fingerprint density at radius 1 is 0.612 bits per heavy atom. The Morgan fingerprint density at radius 2 is 0.980 bits per heavy atom. The molecule has 0 unspecified atom stereocenters. The van der Waals surface area contributed by atoms with Gasteiger partial charge in [-0.25, -0.2) is 25.3 Å². The lowest BCUT2D eigenvalue weighted by atomic mass is 10.1. The Balaban J connectivity index is 0.000000211. The molecule has 6 N–H and O–H groups in total. The number of alkyl halides is 1. The average Bonchev–Trinajstić information content (AvgIpc) is 1.63. The van der Waals surface area contributed by atoms with Gasteiger partial charge in [0.1, 0.15) is 35.5 Å². The van der Waals surface area contributed by atoms with Crippen LogP contribution in [0.1, 0.15) is 44.4 Å². The number of ether oxygens (including phenoxy) is 5. The van der Waals surface area contributed by atoms with E-state index in [9.17, 15) is 41.0 Å². The topological polar surface area (TPSA) is 324 Å². The molecule has 0 spiro atoms. The molecule has 6 aromatic carbocycles. The second kappa shape index (κ2) is 37.6. The monoisotopic (exact) mass is 1430 g/mol. The van der Waals surface area contributed by atoms with Crippen molar-refractivity contribution >= 4 is 107 Å². The van der Waals surface area contributed by atoms with Gasteiger partial charge in [0.2, 0.25) is 19.1 Å². The number of nitrogens with one attached hydrogen (secondary N) is 4. The lowest BCUT2D eigenvalue weighted by Crippen LogP contribution is -2.39. The molecular formula is C70H82Cl2N12O11S3. The zero-order chi connectivity index (χ0) is 72.3. The highest BCUT2D eigenvalue weighted by Gasteiger charge is 2.23. The first-order chi connectivity index (χ1) is 47.6. The highest BCUT2D eigenvalue weighted by molar-refractivity contribution is 8.13. The molecule has 28 heteroatoms. The Bertz CT molecular complexity index is 4680. The van der Waals surface area contributed by atoms with Gasteiger partial charge in [-0.2, -0.15) is 15.8 Å². The number of nitrogens with zero attached hydrogens (tertiary/aromatic N) is 7. The molecule has 0 bridgehead atoms. The van der Waals surface area contributed by atoms with Crippen LogP contribution in [0.3, 0.4) is 0 Å². The number of benzene rings is 6. The molecular weight excluding hydrogens is 1350 g/mol. The summed E-state index contributed by atoms with van der Waals surface area (Å²) >= 11 is 5.02. The van der Waals surface area contributed by atoms with Crippen LogP contribution in [0.4, 0.5) is 17.1 Å². The molecule has 520 valence electrons. The predicted octanol–water partition coefficient (Wildman–Crippen LogP) is 12.2. The lowest BCUT2D eigenvalue weighted by Gasteiger charge is -2.26. The van der Waals surface area contributed by atoms with Crippen LogP contribution in [0.15, 0.2) is 139 Å². The summed E-state index contributed by atoms with van der Waals surface area (Å²) in [5.41, 5.74) is 17.3. The van der Waals surface area contributed by atoms with Crippen LogP contribution in [0.5, 0.6) is 17.2 Å². The molecule has 0 saturated carbocycles. The molecule has 0 atom stereocenters. The van der Waals surface area contributed by atoms with Gasteiger partial charge in [0, 0.05) is 126 Å². The number of hydrogen-bond donors (Lipinski definition) is 5. The van der Waals surface area contributed by atoms with Gasteiger partial charge in [-0.3, -0.25) is 14.3 Å². The third-order valence-electron chi connectivity index (χ3n) is 15.3. The van der Waals surface area contributed by atoms with Gasteiger partial charge >= 0.3 is 0 Å².